The first-order chi connectivity index (χ1) is 7.27. The van der Waals surface area contributed by atoms with E-state index < -0.39 is 0 Å². The maximum absolute atomic E-state index is 2.79. The van der Waals surface area contributed by atoms with E-state index in [1.54, 1.807) is 0 Å². The number of likely N-dealkylation sites (tertiary alicyclic amines) is 1. The van der Waals surface area contributed by atoms with Crippen molar-refractivity contribution < 1.29 is 0 Å². The van der Waals surface area contributed by atoms with E-state index >= 15 is 0 Å². The quantitative estimate of drug-likeness (QED) is 0.685. The Morgan fingerprint density at radius 1 is 1.00 bits per heavy atom. The van der Waals surface area contributed by atoms with Crippen LogP contribution in [0.4, 0.5) is 0 Å². The highest BCUT2D eigenvalue weighted by Crippen LogP contribution is 2.34. The van der Waals surface area contributed by atoms with Crippen LogP contribution >= 0.6 is 0 Å². The number of hydrogen-bond acceptors (Lipinski definition) is 1. The monoisotopic (exact) mass is 209 g/mol. The van der Waals surface area contributed by atoms with Gasteiger partial charge in [0.15, 0.2) is 0 Å². The molecule has 1 nitrogen and oxygen atoms in total. The molecule has 2 aliphatic rings. The van der Waals surface area contributed by atoms with Crippen LogP contribution in [0.25, 0.3) is 0 Å². The van der Waals surface area contributed by atoms with Crippen LogP contribution in [0.1, 0.15) is 58.8 Å². The summed E-state index contributed by atoms with van der Waals surface area (Å²) in [4.78, 5) is 2.79. The van der Waals surface area contributed by atoms with Crippen LogP contribution in [0.3, 0.4) is 0 Å². The minimum absolute atomic E-state index is 0.842. The van der Waals surface area contributed by atoms with Crippen LogP contribution in [-0.4, -0.2) is 24.0 Å². The van der Waals surface area contributed by atoms with Gasteiger partial charge in [-0.3, -0.25) is 4.90 Å². The van der Waals surface area contributed by atoms with Gasteiger partial charge in [0.05, 0.1) is 0 Å². The molecule has 2 fully saturated rings. The zero-order chi connectivity index (χ0) is 10.7. The first-order valence-corrected chi connectivity index (χ1v) is 7.01. The summed E-state index contributed by atoms with van der Waals surface area (Å²) < 4.78 is 0. The molecule has 0 bridgehead atoms. The molecular formula is C14H27N. The molecule has 0 radical (unpaired) electrons. The molecule has 0 N–H and O–H groups in total. The van der Waals surface area contributed by atoms with Crippen molar-refractivity contribution in [2.24, 2.45) is 11.8 Å². The molecule has 1 saturated heterocycles. The van der Waals surface area contributed by atoms with Crippen LogP contribution in [0.15, 0.2) is 0 Å². The van der Waals surface area contributed by atoms with E-state index in [2.05, 4.69) is 18.7 Å². The van der Waals surface area contributed by atoms with Crippen molar-refractivity contribution in [1.29, 1.82) is 0 Å². The third kappa shape index (κ3) is 2.96. The van der Waals surface area contributed by atoms with Crippen LogP contribution in [-0.2, 0) is 0 Å². The molecule has 1 atom stereocenters. The Kier molecular flexibility index (Phi) is 4.07. The first-order valence-electron chi connectivity index (χ1n) is 7.01. The van der Waals surface area contributed by atoms with Gasteiger partial charge in [0.1, 0.15) is 0 Å². The fourth-order valence-corrected chi connectivity index (χ4v) is 3.60. The summed E-state index contributed by atoms with van der Waals surface area (Å²) in [6, 6.07) is 0.952. The summed E-state index contributed by atoms with van der Waals surface area (Å²) in [5.74, 6) is 1.88. The molecule has 1 unspecified atom stereocenters. The van der Waals surface area contributed by atoms with Gasteiger partial charge in [-0.15, -0.1) is 0 Å². The maximum atomic E-state index is 2.79. The molecule has 0 amide bonds. The van der Waals surface area contributed by atoms with Crippen LogP contribution in [0.2, 0.25) is 0 Å². The Morgan fingerprint density at radius 2 is 1.73 bits per heavy atom. The lowest BCUT2D eigenvalue weighted by Gasteiger charge is -2.34. The Labute approximate surface area is 95.2 Å². The summed E-state index contributed by atoms with van der Waals surface area (Å²) in [6.07, 6.45) is 10.4. The van der Waals surface area contributed by atoms with Gasteiger partial charge in [0.2, 0.25) is 0 Å². The molecule has 1 heteroatoms. The number of hydrogen-bond donors (Lipinski definition) is 0. The second-order valence-corrected chi connectivity index (χ2v) is 6.00. The van der Waals surface area contributed by atoms with E-state index in [1.807, 2.05) is 0 Å². The van der Waals surface area contributed by atoms with Crippen molar-refractivity contribution in [3.05, 3.63) is 0 Å². The van der Waals surface area contributed by atoms with Gasteiger partial charge in [-0.1, -0.05) is 33.1 Å². The Bertz CT molecular complexity index is 182. The summed E-state index contributed by atoms with van der Waals surface area (Å²) in [5.41, 5.74) is 0. The van der Waals surface area contributed by atoms with Gasteiger partial charge in [0, 0.05) is 12.6 Å². The molecule has 0 aromatic rings. The fraction of sp³-hybridized carbons (Fsp3) is 1.00. The van der Waals surface area contributed by atoms with Gasteiger partial charge in [-0.2, -0.15) is 0 Å². The summed E-state index contributed by atoms with van der Waals surface area (Å²) in [7, 11) is 0. The molecule has 1 heterocycles. The van der Waals surface area contributed by atoms with E-state index in [0.29, 0.717) is 0 Å². The third-order valence-corrected chi connectivity index (χ3v) is 4.21. The maximum Gasteiger partial charge on any atom is 0.0124 e. The van der Waals surface area contributed by atoms with Gasteiger partial charge in [-0.25, -0.2) is 0 Å². The minimum Gasteiger partial charge on any atom is -0.300 e. The molecular weight excluding hydrogens is 182 g/mol. The topological polar surface area (TPSA) is 3.24 Å². The highest BCUT2D eigenvalue weighted by molar-refractivity contribution is 4.86. The Hall–Kier alpha value is -0.0400. The second kappa shape index (κ2) is 5.34. The molecule has 0 aromatic heterocycles. The van der Waals surface area contributed by atoms with E-state index in [4.69, 9.17) is 0 Å². The van der Waals surface area contributed by atoms with E-state index in [9.17, 15) is 0 Å². The number of rotatable bonds is 3. The SMILES string of the molecule is CC(C)CN1CCCC1C1CCCCC1. The lowest BCUT2D eigenvalue weighted by molar-refractivity contribution is 0.144. The Morgan fingerprint density at radius 3 is 2.40 bits per heavy atom. The zero-order valence-corrected chi connectivity index (χ0v) is 10.5. The van der Waals surface area contributed by atoms with Gasteiger partial charge < -0.3 is 0 Å². The average molecular weight is 209 g/mol. The zero-order valence-electron chi connectivity index (χ0n) is 10.5. The lowest BCUT2D eigenvalue weighted by atomic mass is 9.83. The lowest BCUT2D eigenvalue weighted by Crippen LogP contribution is -2.38. The summed E-state index contributed by atoms with van der Waals surface area (Å²) in [6.45, 7) is 7.42. The van der Waals surface area contributed by atoms with Gasteiger partial charge in [-0.05, 0) is 44.1 Å². The molecule has 2 rings (SSSR count). The van der Waals surface area contributed by atoms with Crippen molar-refractivity contribution in [1.82, 2.24) is 4.90 Å². The van der Waals surface area contributed by atoms with Crippen LogP contribution in [0, 0.1) is 11.8 Å². The Balaban J connectivity index is 1.88. The number of nitrogens with zero attached hydrogens (tertiary/aromatic N) is 1. The normalized spacial score (nSPS) is 30.2. The van der Waals surface area contributed by atoms with Crippen molar-refractivity contribution in [2.45, 2.75) is 64.8 Å². The van der Waals surface area contributed by atoms with Crippen LogP contribution < -0.4 is 0 Å². The fourth-order valence-electron chi connectivity index (χ4n) is 3.60. The molecule has 15 heavy (non-hydrogen) atoms. The second-order valence-electron chi connectivity index (χ2n) is 6.00. The predicted molar refractivity (Wildman–Crippen MR) is 66.0 cm³/mol. The third-order valence-electron chi connectivity index (χ3n) is 4.21. The van der Waals surface area contributed by atoms with Crippen LogP contribution in [0.5, 0.6) is 0 Å². The molecule has 1 aliphatic heterocycles. The molecule has 0 aromatic carbocycles. The van der Waals surface area contributed by atoms with Gasteiger partial charge >= 0.3 is 0 Å². The average Bonchev–Trinajstić information content (AvgIpc) is 2.66. The van der Waals surface area contributed by atoms with E-state index in [1.165, 1.54) is 58.0 Å². The largest absolute Gasteiger partial charge is 0.300 e. The minimum atomic E-state index is 0.842. The first kappa shape index (κ1) is 11.4. The molecule has 88 valence electrons. The molecule has 0 spiro atoms. The smallest absolute Gasteiger partial charge is 0.0124 e. The van der Waals surface area contributed by atoms with E-state index in [0.717, 1.165) is 17.9 Å². The van der Waals surface area contributed by atoms with Crippen molar-refractivity contribution >= 4 is 0 Å². The standard InChI is InChI=1S/C14H27N/c1-12(2)11-15-10-6-9-14(15)13-7-4-3-5-8-13/h12-14H,3-11H2,1-2H3. The molecule has 1 saturated carbocycles. The van der Waals surface area contributed by atoms with Gasteiger partial charge in [0.25, 0.3) is 0 Å². The highest BCUT2D eigenvalue weighted by Gasteiger charge is 2.32. The van der Waals surface area contributed by atoms with Crippen molar-refractivity contribution in [2.75, 3.05) is 13.1 Å². The molecule has 1 aliphatic carbocycles. The summed E-state index contributed by atoms with van der Waals surface area (Å²) in [5, 5.41) is 0. The predicted octanol–water partition coefficient (Wildman–Crippen LogP) is 3.69. The van der Waals surface area contributed by atoms with Crippen molar-refractivity contribution in [3.8, 4) is 0 Å². The van der Waals surface area contributed by atoms with Crippen molar-refractivity contribution in [3.63, 3.8) is 0 Å². The highest BCUT2D eigenvalue weighted by atomic mass is 15.2. The van der Waals surface area contributed by atoms with E-state index in [-0.39, 0.29) is 0 Å². The summed E-state index contributed by atoms with van der Waals surface area (Å²) >= 11 is 0.